The van der Waals surface area contributed by atoms with E-state index in [0.29, 0.717) is 31.1 Å². The fourth-order valence-electron chi connectivity index (χ4n) is 2.88. The lowest BCUT2D eigenvalue weighted by molar-refractivity contribution is 0.0695. The van der Waals surface area contributed by atoms with Crippen molar-refractivity contribution in [3.63, 3.8) is 0 Å². The summed E-state index contributed by atoms with van der Waals surface area (Å²) < 4.78 is 12.1. The number of ether oxygens (including phenoxy) is 2. The molecule has 4 nitrogen and oxygen atoms in total. The normalized spacial score (nSPS) is 13.0. The predicted molar refractivity (Wildman–Crippen MR) is 111 cm³/mol. The fourth-order valence-corrected chi connectivity index (χ4v) is 2.88. The Morgan fingerprint density at radius 2 is 1.29 bits per heavy atom. The minimum atomic E-state index is -0.955. The zero-order valence-corrected chi connectivity index (χ0v) is 16.2. The maximum Gasteiger partial charge on any atom is 0.161 e. The molecule has 1 unspecified atom stereocenters. The number of rotatable bonds is 9. The quantitative estimate of drug-likeness (QED) is 0.589. The average molecular weight is 377 g/mol. The standard InChI is InChI=1S/C24H27NO3/c1-24(26,18-25)15-21-12-13-22(27-16-19-8-4-2-5-9-19)23(14-21)28-17-20-10-6-3-7-11-20/h2-14,26H,15-18,25H2,1H3. The van der Waals surface area contributed by atoms with E-state index in [1.165, 1.54) is 0 Å². The van der Waals surface area contributed by atoms with Crippen LogP contribution in [0, 0.1) is 0 Å². The van der Waals surface area contributed by atoms with Crippen molar-refractivity contribution in [2.24, 2.45) is 5.73 Å². The molecule has 28 heavy (non-hydrogen) atoms. The summed E-state index contributed by atoms with van der Waals surface area (Å²) in [5.41, 5.74) is 7.83. The van der Waals surface area contributed by atoms with Gasteiger partial charge in [0.25, 0.3) is 0 Å². The summed E-state index contributed by atoms with van der Waals surface area (Å²) in [4.78, 5) is 0. The molecule has 0 aliphatic carbocycles. The largest absolute Gasteiger partial charge is 0.485 e. The zero-order chi connectivity index (χ0) is 19.8. The predicted octanol–water partition coefficient (Wildman–Crippen LogP) is 4.10. The molecule has 0 saturated heterocycles. The van der Waals surface area contributed by atoms with Gasteiger partial charge in [-0.25, -0.2) is 0 Å². The van der Waals surface area contributed by atoms with Gasteiger partial charge in [-0.3, -0.25) is 0 Å². The third kappa shape index (κ3) is 5.84. The molecule has 0 bridgehead atoms. The highest BCUT2D eigenvalue weighted by molar-refractivity contribution is 5.43. The third-order valence-corrected chi connectivity index (χ3v) is 4.51. The van der Waals surface area contributed by atoms with E-state index in [9.17, 15) is 5.11 Å². The van der Waals surface area contributed by atoms with Crippen LogP contribution >= 0.6 is 0 Å². The first kappa shape index (κ1) is 19.9. The smallest absolute Gasteiger partial charge is 0.161 e. The fraction of sp³-hybridized carbons (Fsp3) is 0.250. The Morgan fingerprint density at radius 1 is 0.750 bits per heavy atom. The second-order valence-corrected chi connectivity index (χ2v) is 7.21. The molecule has 0 amide bonds. The molecule has 3 N–H and O–H groups in total. The van der Waals surface area contributed by atoms with E-state index in [2.05, 4.69) is 0 Å². The van der Waals surface area contributed by atoms with Crippen molar-refractivity contribution in [3.8, 4) is 11.5 Å². The van der Waals surface area contributed by atoms with Gasteiger partial charge in [-0.1, -0.05) is 66.7 Å². The van der Waals surface area contributed by atoms with Crippen LogP contribution in [0.5, 0.6) is 11.5 Å². The highest BCUT2D eigenvalue weighted by Crippen LogP contribution is 2.31. The minimum Gasteiger partial charge on any atom is -0.485 e. The lowest BCUT2D eigenvalue weighted by Crippen LogP contribution is -2.36. The molecule has 0 fully saturated rings. The summed E-state index contributed by atoms with van der Waals surface area (Å²) >= 11 is 0. The lowest BCUT2D eigenvalue weighted by Gasteiger charge is -2.22. The van der Waals surface area contributed by atoms with Crippen molar-refractivity contribution in [3.05, 3.63) is 95.6 Å². The highest BCUT2D eigenvalue weighted by Gasteiger charge is 2.20. The Labute approximate surface area is 166 Å². The molecule has 0 aromatic heterocycles. The van der Waals surface area contributed by atoms with Crippen LogP contribution in [0.25, 0.3) is 0 Å². The van der Waals surface area contributed by atoms with Crippen molar-refractivity contribution in [1.29, 1.82) is 0 Å². The summed E-state index contributed by atoms with van der Waals surface area (Å²) in [5, 5.41) is 10.3. The summed E-state index contributed by atoms with van der Waals surface area (Å²) in [6.07, 6.45) is 0.449. The summed E-state index contributed by atoms with van der Waals surface area (Å²) in [7, 11) is 0. The van der Waals surface area contributed by atoms with E-state index >= 15 is 0 Å². The van der Waals surface area contributed by atoms with Crippen molar-refractivity contribution >= 4 is 0 Å². The number of aliphatic hydroxyl groups is 1. The van der Waals surface area contributed by atoms with E-state index in [1.807, 2.05) is 78.9 Å². The molecule has 0 aliphatic heterocycles. The first-order valence-corrected chi connectivity index (χ1v) is 9.44. The molecule has 3 rings (SSSR count). The van der Waals surface area contributed by atoms with E-state index in [0.717, 1.165) is 16.7 Å². The molecule has 0 radical (unpaired) electrons. The Balaban J connectivity index is 1.78. The van der Waals surface area contributed by atoms with Gasteiger partial charge < -0.3 is 20.3 Å². The van der Waals surface area contributed by atoms with Crippen LogP contribution < -0.4 is 15.2 Å². The average Bonchev–Trinajstić information content (AvgIpc) is 2.73. The molecule has 1 atom stereocenters. The van der Waals surface area contributed by atoms with Gasteiger partial charge in [-0.05, 0) is 35.7 Å². The molecule has 4 heteroatoms. The van der Waals surface area contributed by atoms with Gasteiger partial charge in [0.15, 0.2) is 11.5 Å². The van der Waals surface area contributed by atoms with Crippen LogP contribution in [-0.4, -0.2) is 17.3 Å². The summed E-state index contributed by atoms with van der Waals surface area (Å²) in [6.45, 7) is 2.83. The van der Waals surface area contributed by atoms with E-state index < -0.39 is 5.60 Å². The van der Waals surface area contributed by atoms with Crippen LogP contribution in [-0.2, 0) is 19.6 Å². The maximum absolute atomic E-state index is 10.3. The molecule has 146 valence electrons. The van der Waals surface area contributed by atoms with Gasteiger partial charge in [0, 0.05) is 13.0 Å². The Bertz CT molecular complexity index is 864. The monoisotopic (exact) mass is 377 g/mol. The second kappa shape index (κ2) is 9.40. The number of hydrogen-bond donors (Lipinski definition) is 2. The van der Waals surface area contributed by atoms with Crippen LogP contribution in [0.1, 0.15) is 23.6 Å². The SMILES string of the molecule is CC(O)(CN)Cc1ccc(OCc2ccccc2)c(OCc2ccccc2)c1. The molecule has 0 spiro atoms. The summed E-state index contributed by atoms with van der Waals surface area (Å²) in [6, 6.07) is 25.8. The van der Waals surface area contributed by atoms with Crippen molar-refractivity contribution in [1.82, 2.24) is 0 Å². The van der Waals surface area contributed by atoms with E-state index in [4.69, 9.17) is 15.2 Å². The van der Waals surface area contributed by atoms with Crippen LogP contribution in [0.2, 0.25) is 0 Å². The lowest BCUT2D eigenvalue weighted by atomic mass is 9.96. The van der Waals surface area contributed by atoms with Gasteiger partial charge in [0.2, 0.25) is 0 Å². The highest BCUT2D eigenvalue weighted by atomic mass is 16.5. The van der Waals surface area contributed by atoms with Crippen molar-refractivity contribution in [2.45, 2.75) is 32.2 Å². The number of hydrogen-bond acceptors (Lipinski definition) is 4. The maximum atomic E-state index is 10.3. The van der Waals surface area contributed by atoms with Gasteiger partial charge in [-0.2, -0.15) is 0 Å². The molecule has 3 aromatic carbocycles. The number of benzene rings is 3. The Hall–Kier alpha value is -2.82. The Kier molecular flexibility index (Phi) is 6.69. The van der Waals surface area contributed by atoms with Gasteiger partial charge in [0.05, 0.1) is 5.60 Å². The molecular weight excluding hydrogens is 350 g/mol. The minimum absolute atomic E-state index is 0.194. The van der Waals surface area contributed by atoms with Gasteiger partial charge in [-0.15, -0.1) is 0 Å². The first-order valence-electron chi connectivity index (χ1n) is 9.44. The molecule has 0 saturated carbocycles. The topological polar surface area (TPSA) is 64.7 Å². The Morgan fingerprint density at radius 3 is 1.82 bits per heavy atom. The van der Waals surface area contributed by atoms with Gasteiger partial charge >= 0.3 is 0 Å². The second-order valence-electron chi connectivity index (χ2n) is 7.21. The van der Waals surface area contributed by atoms with Crippen LogP contribution in [0.15, 0.2) is 78.9 Å². The molecule has 3 aromatic rings. The first-order chi connectivity index (χ1) is 13.6. The van der Waals surface area contributed by atoms with Crippen LogP contribution in [0.4, 0.5) is 0 Å². The third-order valence-electron chi connectivity index (χ3n) is 4.51. The van der Waals surface area contributed by atoms with Crippen molar-refractivity contribution in [2.75, 3.05) is 6.54 Å². The van der Waals surface area contributed by atoms with Gasteiger partial charge in [0.1, 0.15) is 13.2 Å². The molecule has 0 aliphatic rings. The molecule has 0 heterocycles. The van der Waals surface area contributed by atoms with Crippen LogP contribution in [0.3, 0.4) is 0 Å². The van der Waals surface area contributed by atoms with E-state index in [-0.39, 0.29) is 6.54 Å². The van der Waals surface area contributed by atoms with E-state index in [1.54, 1.807) is 6.92 Å². The molecular formula is C24H27NO3. The number of nitrogens with two attached hydrogens (primary N) is 1. The zero-order valence-electron chi connectivity index (χ0n) is 16.2. The van der Waals surface area contributed by atoms with Crippen molar-refractivity contribution < 1.29 is 14.6 Å². The summed E-state index contributed by atoms with van der Waals surface area (Å²) in [5.74, 6) is 1.33.